The van der Waals surface area contributed by atoms with Crippen molar-refractivity contribution in [3.05, 3.63) is 85.8 Å². The van der Waals surface area contributed by atoms with Crippen LogP contribution in [0.15, 0.2) is 59.1 Å². The Bertz CT molecular complexity index is 1090. The van der Waals surface area contributed by atoms with E-state index in [-0.39, 0.29) is 5.97 Å². The van der Waals surface area contributed by atoms with Crippen LogP contribution in [0.1, 0.15) is 28.4 Å². The van der Waals surface area contributed by atoms with Crippen molar-refractivity contribution in [2.75, 3.05) is 19.0 Å². The molecule has 0 aromatic heterocycles. The number of esters is 1. The van der Waals surface area contributed by atoms with E-state index < -0.39 is 0 Å². The van der Waals surface area contributed by atoms with E-state index in [1.165, 1.54) is 0 Å². The maximum absolute atomic E-state index is 11.8. The SMILES string of the molecule is CCOC(=O)c1ccc(NCc2cc(OC)c(OCc3ccc(Cl)c(Cl)c3)cc2Br)cc1. The van der Waals surface area contributed by atoms with Crippen LogP contribution < -0.4 is 14.8 Å². The highest BCUT2D eigenvalue weighted by atomic mass is 79.9. The summed E-state index contributed by atoms with van der Waals surface area (Å²) in [5, 5.41) is 4.32. The van der Waals surface area contributed by atoms with Gasteiger partial charge < -0.3 is 19.5 Å². The van der Waals surface area contributed by atoms with Gasteiger partial charge >= 0.3 is 5.97 Å². The van der Waals surface area contributed by atoms with Crippen molar-refractivity contribution in [2.45, 2.75) is 20.1 Å². The van der Waals surface area contributed by atoms with Crippen LogP contribution in [0.3, 0.4) is 0 Å². The average Bonchev–Trinajstić information content (AvgIpc) is 2.79. The molecule has 0 aliphatic heterocycles. The molecular formula is C24H22BrCl2NO4. The van der Waals surface area contributed by atoms with Crippen molar-refractivity contribution in [1.29, 1.82) is 0 Å². The van der Waals surface area contributed by atoms with Crippen LogP contribution >= 0.6 is 39.1 Å². The molecule has 5 nitrogen and oxygen atoms in total. The maximum atomic E-state index is 11.8. The highest BCUT2D eigenvalue weighted by Crippen LogP contribution is 2.35. The van der Waals surface area contributed by atoms with E-state index in [9.17, 15) is 4.79 Å². The maximum Gasteiger partial charge on any atom is 0.338 e. The molecule has 0 unspecified atom stereocenters. The summed E-state index contributed by atoms with van der Waals surface area (Å²) in [6.45, 7) is 3.00. The number of anilines is 1. The molecule has 0 amide bonds. The van der Waals surface area contributed by atoms with Crippen molar-refractivity contribution in [3.63, 3.8) is 0 Å². The molecule has 0 saturated heterocycles. The van der Waals surface area contributed by atoms with Crippen molar-refractivity contribution in [2.24, 2.45) is 0 Å². The molecule has 0 fully saturated rings. The van der Waals surface area contributed by atoms with Gasteiger partial charge in [0.15, 0.2) is 11.5 Å². The van der Waals surface area contributed by atoms with Gasteiger partial charge in [0.25, 0.3) is 0 Å². The number of hydrogen-bond donors (Lipinski definition) is 1. The van der Waals surface area contributed by atoms with Gasteiger partial charge in [-0.15, -0.1) is 0 Å². The molecule has 0 aliphatic carbocycles. The van der Waals surface area contributed by atoms with Crippen LogP contribution in [-0.4, -0.2) is 19.7 Å². The Morgan fingerprint density at radius 3 is 2.41 bits per heavy atom. The zero-order valence-corrected chi connectivity index (χ0v) is 20.7. The molecule has 1 N–H and O–H groups in total. The van der Waals surface area contributed by atoms with Crippen molar-refractivity contribution in [3.8, 4) is 11.5 Å². The molecule has 3 aromatic carbocycles. The average molecular weight is 539 g/mol. The summed E-state index contributed by atoms with van der Waals surface area (Å²) in [5.74, 6) is 0.888. The lowest BCUT2D eigenvalue weighted by Gasteiger charge is -2.15. The van der Waals surface area contributed by atoms with Crippen molar-refractivity contribution < 1.29 is 19.0 Å². The molecule has 0 saturated carbocycles. The first-order chi connectivity index (χ1) is 15.4. The number of methoxy groups -OCH3 is 1. The number of halogens is 3. The van der Waals surface area contributed by atoms with E-state index in [4.69, 9.17) is 37.4 Å². The fourth-order valence-corrected chi connectivity index (χ4v) is 3.69. The van der Waals surface area contributed by atoms with E-state index >= 15 is 0 Å². The van der Waals surface area contributed by atoms with Gasteiger partial charge in [0, 0.05) is 16.7 Å². The third kappa shape index (κ3) is 6.31. The molecule has 3 aromatic rings. The van der Waals surface area contributed by atoms with E-state index in [1.807, 2.05) is 30.3 Å². The third-order valence-electron chi connectivity index (χ3n) is 4.59. The molecule has 0 atom stereocenters. The highest BCUT2D eigenvalue weighted by Gasteiger charge is 2.12. The van der Waals surface area contributed by atoms with E-state index in [2.05, 4.69) is 21.2 Å². The summed E-state index contributed by atoms with van der Waals surface area (Å²) in [6, 6.07) is 16.3. The number of carbonyl (C=O) groups excluding carboxylic acids is 1. The minimum absolute atomic E-state index is 0.324. The number of hydrogen-bond acceptors (Lipinski definition) is 5. The normalized spacial score (nSPS) is 10.5. The number of nitrogens with one attached hydrogen (secondary N) is 1. The van der Waals surface area contributed by atoms with Gasteiger partial charge in [-0.2, -0.15) is 0 Å². The van der Waals surface area contributed by atoms with Gasteiger partial charge in [0.05, 0.1) is 29.3 Å². The molecule has 8 heteroatoms. The highest BCUT2D eigenvalue weighted by molar-refractivity contribution is 9.10. The van der Waals surface area contributed by atoms with Crippen LogP contribution in [0.2, 0.25) is 10.0 Å². The first-order valence-electron chi connectivity index (χ1n) is 9.85. The molecule has 32 heavy (non-hydrogen) atoms. The second kappa shape index (κ2) is 11.5. The molecule has 0 aliphatic rings. The molecular weight excluding hydrogens is 517 g/mol. The van der Waals surface area contributed by atoms with Gasteiger partial charge in [0.1, 0.15) is 6.61 Å². The summed E-state index contributed by atoms with van der Waals surface area (Å²) in [4.78, 5) is 11.8. The molecule has 0 heterocycles. The lowest BCUT2D eigenvalue weighted by Crippen LogP contribution is -2.05. The van der Waals surface area contributed by atoms with Crippen molar-refractivity contribution in [1.82, 2.24) is 0 Å². The topological polar surface area (TPSA) is 56.8 Å². The monoisotopic (exact) mass is 537 g/mol. The molecule has 168 valence electrons. The second-order valence-electron chi connectivity index (χ2n) is 6.78. The Morgan fingerprint density at radius 1 is 1.00 bits per heavy atom. The summed E-state index contributed by atoms with van der Waals surface area (Å²) in [5.41, 5.74) is 3.28. The van der Waals surface area contributed by atoms with Crippen LogP contribution in [0, 0.1) is 0 Å². The Labute approximate surface area is 205 Å². The largest absolute Gasteiger partial charge is 0.493 e. The number of ether oxygens (including phenoxy) is 3. The second-order valence-corrected chi connectivity index (χ2v) is 8.45. The lowest BCUT2D eigenvalue weighted by atomic mass is 10.1. The minimum atomic E-state index is -0.331. The first kappa shape index (κ1) is 24.2. The zero-order chi connectivity index (χ0) is 23.1. The fraction of sp³-hybridized carbons (Fsp3) is 0.208. The quantitative estimate of drug-likeness (QED) is 0.293. The van der Waals surface area contributed by atoms with Gasteiger partial charge in [0.2, 0.25) is 0 Å². The number of rotatable bonds is 9. The number of benzene rings is 3. The number of carbonyl (C=O) groups is 1. The smallest absolute Gasteiger partial charge is 0.338 e. The summed E-state index contributed by atoms with van der Waals surface area (Å²) in [6.07, 6.45) is 0. The van der Waals surface area contributed by atoms with Crippen LogP contribution in [0.25, 0.3) is 0 Å². The van der Waals surface area contributed by atoms with Crippen LogP contribution in [0.5, 0.6) is 11.5 Å². The molecule has 3 rings (SSSR count). The van der Waals surface area contributed by atoms with E-state index in [0.29, 0.717) is 46.9 Å². The minimum Gasteiger partial charge on any atom is -0.493 e. The van der Waals surface area contributed by atoms with Crippen LogP contribution in [0.4, 0.5) is 5.69 Å². The molecule has 0 bridgehead atoms. The Balaban J connectivity index is 1.66. The van der Waals surface area contributed by atoms with Crippen LogP contribution in [-0.2, 0) is 17.9 Å². The predicted octanol–water partition coefficient (Wildman–Crippen LogP) is 7.13. The van der Waals surface area contributed by atoms with Crippen molar-refractivity contribution >= 4 is 50.8 Å². The summed E-state index contributed by atoms with van der Waals surface area (Å²) in [7, 11) is 1.60. The summed E-state index contributed by atoms with van der Waals surface area (Å²) < 4.78 is 17.3. The standard InChI is InChI=1S/C24H22BrCl2NO4/c1-3-31-24(29)16-5-7-18(8-6-16)28-13-17-11-22(30-2)23(12-19(17)25)32-14-15-4-9-20(26)21(27)10-15/h4-12,28H,3,13-14H2,1-2H3. The zero-order valence-electron chi connectivity index (χ0n) is 17.6. The van der Waals surface area contributed by atoms with Gasteiger partial charge in [-0.05, 0) is 66.6 Å². The van der Waals surface area contributed by atoms with Gasteiger partial charge in [-0.25, -0.2) is 4.79 Å². The predicted molar refractivity (Wildman–Crippen MR) is 131 cm³/mol. The van der Waals surface area contributed by atoms with Gasteiger partial charge in [-0.3, -0.25) is 0 Å². The molecule has 0 radical (unpaired) electrons. The fourth-order valence-electron chi connectivity index (χ4n) is 2.91. The first-order valence-corrected chi connectivity index (χ1v) is 11.4. The molecule has 0 spiro atoms. The van der Waals surface area contributed by atoms with Gasteiger partial charge in [-0.1, -0.05) is 45.2 Å². The van der Waals surface area contributed by atoms with E-state index in [1.54, 1.807) is 38.3 Å². The Morgan fingerprint density at radius 2 is 1.75 bits per heavy atom. The summed E-state index contributed by atoms with van der Waals surface area (Å²) >= 11 is 15.6. The Hall–Kier alpha value is -2.41. The Kier molecular flexibility index (Phi) is 8.67. The third-order valence-corrected chi connectivity index (χ3v) is 6.07. The van der Waals surface area contributed by atoms with E-state index in [0.717, 1.165) is 21.3 Å². The lowest BCUT2D eigenvalue weighted by molar-refractivity contribution is 0.0526.